The molecule has 2 aliphatic heterocycles. The third-order valence-electron chi connectivity index (χ3n) is 6.94. The molecular formula is C26H36N4O3S. The van der Waals surface area contributed by atoms with E-state index in [2.05, 4.69) is 34.5 Å². The minimum absolute atomic E-state index is 0.0329. The number of rotatable bonds is 8. The molecule has 1 amide bonds. The summed E-state index contributed by atoms with van der Waals surface area (Å²) in [6.45, 7) is 7.17. The molecule has 2 fully saturated rings. The van der Waals surface area contributed by atoms with E-state index in [1.807, 2.05) is 42.2 Å². The molecule has 0 aliphatic carbocycles. The van der Waals surface area contributed by atoms with Gasteiger partial charge >= 0.3 is 0 Å². The van der Waals surface area contributed by atoms with Gasteiger partial charge in [0, 0.05) is 64.0 Å². The van der Waals surface area contributed by atoms with Crippen molar-refractivity contribution in [2.45, 2.75) is 32.4 Å². The molecule has 2 saturated heterocycles. The van der Waals surface area contributed by atoms with Crippen molar-refractivity contribution in [2.24, 2.45) is 0 Å². The zero-order chi connectivity index (χ0) is 24.0. The molecule has 0 saturated carbocycles. The summed E-state index contributed by atoms with van der Waals surface area (Å²) in [5, 5.41) is 3.20. The Hall–Kier alpha value is -2.26. The van der Waals surface area contributed by atoms with Crippen LogP contribution < -0.4 is 5.32 Å². The van der Waals surface area contributed by atoms with Crippen molar-refractivity contribution in [3.8, 4) is 0 Å². The molecule has 4 rings (SSSR count). The number of hydrogen-bond acceptors (Lipinski definition) is 5. The molecule has 1 N–H and O–H groups in total. The summed E-state index contributed by atoms with van der Waals surface area (Å²) in [4.78, 5) is 17.9. The van der Waals surface area contributed by atoms with Crippen LogP contribution in [0.15, 0.2) is 54.6 Å². The fourth-order valence-corrected chi connectivity index (χ4v) is 6.34. The van der Waals surface area contributed by atoms with E-state index in [1.54, 1.807) is 4.31 Å². The summed E-state index contributed by atoms with van der Waals surface area (Å²) in [6.07, 6.45) is 1.69. The lowest BCUT2D eigenvalue weighted by Gasteiger charge is -2.39. The number of aryl methyl sites for hydroxylation is 1. The van der Waals surface area contributed by atoms with Gasteiger partial charge in [0.05, 0.1) is 5.75 Å². The highest BCUT2D eigenvalue weighted by Crippen LogP contribution is 2.22. The second kappa shape index (κ2) is 11.4. The van der Waals surface area contributed by atoms with E-state index < -0.39 is 10.0 Å². The Bertz CT molecular complexity index is 1050. The molecule has 0 unspecified atom stereocenters. The number of nitrogens with one attached hydrogen (secondary N) is 1. The van der Waals surface area contributed by atoms with Gasteiger partial charge < -0.3 is 10.2 Å². The first-order valence-corrected chi connectivity index (χ1v) is 13.9. The Balaban J connectivity index is 1.45. The molecule has 0 aromatic heterocycles. The molecule has 0 spiro atoms. The molecule has 184 valence electrons. The van der Waals surface area contributed by atoms with Crippen LogP contribution in [0.4, 0.5) is 0 Å². The normalized spacial score (nSPS) is 18.6. The van der Waals surface area contributed by atoms with Gasteiger partial charge in [0.2, 0.25) is 10.0 Å². The van der Waals surface area contributed by atoms with Gasteiger partial charge in [-0.2, -0.15) is 4.31 Å². The molecule has 2 aromatic rings. The number of carbonyl (C=O) groups is 1. The Morgan fingerprint density at radius 3 is 2.29 bits per heavy atom. The highest BCUT2D eigenvalue weighted by atomic mass is 32.2. The van der Waals surface area contributed by atoms with Crippen LogP contribution in [0.1, 0.15) is 34.3 Å². The maximum Gasteiger partial charge on any atom is 0.254 e. The molecule has 8 heteroatoms. The number of sulfonamides is 1. The van der Waals surface area contributed by atoms with E-state index >= 15 is 0 Å². The van der Waals surface area contributed by atoms with Crippen molar-refractivity contribution in [1.82, 2.24) is 19.4 Å². The van der Waals surface area contributed by atoms with Gasteiger partial charge in [-0.25, -0.2) is 8.42 Å². The molecule has 0 bridgehead atoms. The second-order valence-corrected chi connectivity index (χ2v) is 11.4. The summed E-state index contributed by atoms with van der Waals surface area (Å²) < 4.78 is 27.6. The first-order chi connectivity index (χ1) is 16.4. The smallest absolute Gasteiger partial charge is 0.254 e. The standard InChI is InChI=1S/C26H36N4O3S/c1-22-7-5-6-10-25(22)26(31)30(19-20-34(32,33)29-17-13-27-14-18-29)24-11-15-28(16-12-24)21-23-8-3-2-4-9-23/h2-10,24,27H,11-21H2,1H3. The van der Waals surface area contributed by atoms with Crippen LogP contribution >= 0.6 is 0 Å². The molecule has 7 nitrogen and oxygen atoms in total. The quantitative estimate of drug-likeness (QED) is 0.623. The summed E-state index contributed by atoms with van der Waals surface area (Å²) in [5.41, 5.74) is 2.87. The van der Waals surface area contributed by atoms with Gasteiger partial charge in [0.15, 0.2) is 0 Å². The molecule has 2 aliphatic rings. The van der Waals surface area contributed by atoms with Crippen LogP contribution in [0.5, 0.6) is 0 Å². The van der Waals surface area contributed by atoms with Gasteiger partial charge in [0.1, 0.15) is 0 Å². The van der Waals surface area contributed by atoms with Crippen LogP contribution in [0.2, 0.25) is 0 Å². The van der Waals surface area contributed by atoms with Crippen molar-refractivity contribution < 1.29 is 13.2 Å². The number of nitrogens with zero attached hydrogens (tertiary/aromatic N) is 3. The van der Waals surface area contributed by atoms with Crippen LogP contribution in [0.3, 0.4) is 0 Å². The van der Waals surface area contributed by atoms with Crippen molar-refractivity contribution >= 4 is 15.9 Å². The Morgan fingerprint density at radius 2 is 1.62 bits per heavy atom. The minimum Gasteiger partial charge on any atom is -0.334 e. The fraction of sp³-hybridized carbons (Fsp3) is 0.500. The predicted molar refractivity (Wildman–Crippen MR) is 135 cm³/mol. The summed E-state index contributed by atoms with van der Waals surface area (Å²) >= 11 is 0. The average Bonchev–Trinajstić information content (AvgIpc) is 2.86. The third kappa shape index (κ3) is 6.24. The fourth-order valence-electron chi connectivity index (χ4n) is 4.91. The van der Waals surface area contributed by atoms with Crippen molar-refractivity contribution in [3.63, 3.8) is 0 Å². The van der Waals surface area contributed by atoms with Gasteiger partial charge in [-0.1, -0.05) is 48.5 Å². The lowest BCUT2D eigenvalue weighted by molar-refractivity contribution is 0.0581. The van der Waals surface area contributed by atoms with Crippen LogP contribution in [-0.4, -0.2) is 86.0 Å². The number of benzene rings is 2. The maximum atomic E-state index is 13.6. The SMILES string of the molecule is Cc1ccccc1C(=O)N(CCS(=O)(=O)N1CCNCC1)C1CCN(Cc2ccccc2)CC1. The molecule has 0 atom stereocenters. The van der Waals surface area contributed by atoms with E-state index in [1.165, 1.54) is 5.56 Å². The van der Waals surface area contributed by atoms with Crippen molar-refractivity contribution in [1.29, 1.82) is 0 Å². The number of likely N-dealkylation sites (tertiary alicyclic amines) is 1. The van der Waals surface area contributed by atoms with E-state index in [0.29, 0.717) is 31.7 Å². The first-order valence-electron chi connectivity index (χ1n) is 12.3. The predicted octanol–water partition coefficient (Wildman–Crippen LogP) is 2.34. The number of piperidine rings is 1. The summed E-state index contributed by atoms with van der Waals surface area (Å²) in [5.74, 6) is -0.0930. The van der Waals surface area contributed by atoms with E-state index in [9.17, 15) is 13.2 Å². The third-order valence-corrected chi connectivity index (χ3v) is 8.79. The van der Waals surface area contributed by atoms with E-state index in [0.717, 1.165) is 38.0 Å². The van der Waals surface area contributed by atoms with E-state index in [-0.39, 0.29) is 24.2 Å². The molecule has 34 heavy (non-hydrogen) atoms. The van der Waals surface area contributed by atoms with Gasteiger partial charge in [-0.3, -0.25) is 9.69 Å². The summed E-state index contributed by atoms with van der Waals surface area (Å²) in [7, 11) is -3.41. The zero-order valence-corrected chi connectivity index (χ0v) is 20.8. The average molecular weight is 485 g/mol. The van der Waals surface area contributed by atoms with Gasteiger partial charge in [-0.05, 0) is 37.0 Å². The molecule has 0 radical (unpaired) electrons. The summed E-state index contributed by atoms with van der Waals surface area (Å²) in [6, 6.07) is 18.0. The Labute approximate surface area is 203 Å². The molecular weight excluding hydrogens is 448 g/mol. The molecule has 2 heterocycles. The van der Waals surface area contributed by atoms with E-state index in [4.69, 9.17) is 0 Å². The topological polar surface area (TPSA) is 73.0 Å². The number of carbonyl (C=O) groups excluding carboxylic acids is 1. The zero-order valence-electron chi connectivity index (χ0n) is 20.0. The van der Waals surface area contributed by atoms with Crippen LogP contribution in [-0.2, 0) is 16.6 Å². The van der Waals surface area contributed by atoms with Gasteiger partial charge in [-0.15, -0.1) is 0 Å². The minimum atomic E-state index is -3.41. The highest BCUT2D eigenvalue weighted by Gasteiger charge is 2.32. The Kier molecular flexibility index (Phi) is 8.37. The lowest BCUT2D eigenvalue weighted by atomic mass is 10.00. The highest BCUT2D eigenvalue weighted by molar-refractivity contribution is 7.89. The maximum absolute atomic E-state index is 13.6. The lowest BCUT2D eigenvalue weighted by Crippen LogP contribution is -2.51. The first kappa shape index (κ1) is 24.9. The second-order valence-electron chi connectivity index (χ2n) is 9.27. The Morgan fingerprint density at radius 1 is 0.971 bits per heavy atom. The van der Waals surface area contributed by atoms with Gasteiger partial charge in [0.25, 0.3) is 5.91 Å². The molecule has 2 aromatic carbocycles. The largest absolute Gasteiger partial charge is 0.334 e. The number of amides is 1. The van der Waals surface area contributed by atoms with Crippen molar-refractivity contribution in [2.75, 3.05) is 51.6 Å². The van der Waals surface area contributed by atoms with Crippen LogP contribution in [0, 0.1) is 6.92 Å². The van der Waals surface area contributed by atoms with Crippen molar-refractivity contribution in [3.05, 3.63) is 71.3 Å². The number of piperazine rings is 1. The van der Waals surface area contributed by atoms with Crippen LogP contribution in [0.25, 0.3) is 0 Å². The monoisotopic (exact) mass is 484 g/mol. The number of hydrogen-bond donors (Lipinski definition) is 1.